The van der Waals surface area contributed by atoms with Gasteiger partial charge in [0.1, 0.15) is 6.61 Å². The van der Waals surface area contributed by atoms with Gasteiger partial charge in [0.15, 0.2) is 0 Å². The summed E-state index contributed by atoms with van der Waals surface area (Å²) in [5, 5.41) is 0. The highest BCUT2D eigenvalue weighted by Gasteiger charge is 2.27. The number of nitrogens with zero attached hydrogens (tertiary/aromatic N) is 1. The second-order valence-electron chi connectivity index (χ2n) is 4.26. The molecule has 0 aliphatic rings. The van der Waals surface area contributed by atoms with E-state index in [9.17, 15) is 13.2 Å². The summed E-state index contributed by atoms with van der Waals surface area (Å²) < 4.78 is 39.9. The van der Waals surface area contributed by atoms with Crippen LogP contribution in [0.15, 0.2) is 0 Å². The van der Waals surface area contributed by atoms with E-state index in [1.807, 2.05) is 6.92 Å². The highest BCUT2D eigenvalue weighted by molar-refractivity contribution is 4.62. The Morgan fingerprint density at radius 2 is 2.00 bits per heavy atom. The van der Waals surface area contributed by atoms with Gasteiger partial charge in [0.25, 0.3) is 0 Å². The molecule has 0 amide bonds. The summed E-state index contributed by atoms with van der Waals surface area (Å²) in [6.45, 7) is 6.21. The molecule has 0 bridgehead atoms. The standard InChI is InChI=1S/C11H23F3N2O/c1-3-16(8-10(2)7-15)5-4-6-17-9-11(12,13)14/h10H,3-9,15H2,1-2H3. The monoisotopic (exact) mass is 256 g/mol. The molecule has 104 valence electrons. The van der Waals surface area contributed by atoms with Crippen LogP contribution in [0.5, 0.6) is 0 Å². The maximum atomic E-state index is 11.8. The van der Waals surface area contributed by atoms with Gasteiger partial charge in [0.05, 0.1) is 0 Å². The number of hydrogen-bond acceptors (Lipinski definition) is 3. The van der Waals surface area contributed by atoms with Crippen molar-refractivity contribution in [2.75, 3.05) is 39.4 Å². The van der Waals surface area contributed by atoms with Crippen molar-refractivity contribution in [3.63, 3.8) is 0 Å². The molecule has 1 atom stereocenters. The van der Waals surface area contributed by atoms with Gasteiger partial charge >= 0.3 is 6.18 Å². The van der Waals surface area contributed by atoms with Gasteiger partial charge in [-0.2, -0.15) is 13.2 Å². The van der Waals surface area contributed by atoms with E-state index in [4.69, 9.17) is 5.73 Å². The minimum Gasteiger partial charge on any atom is -0.372 e. The fraction of sp³-hybridized carbons (Fsp3) is 1.00. The molecule has 0 radical (unpaired) electrons. The molecular weight excluding hydrogens is 233 g/mol. The summed E-state index contributed by atoms with van der Waals surface area (Å²) in [5.74, 6) is 0.408. The van der Waals surface area contributed by atoms with E-state index in [1.165, 1.54) is 0 Å². The third-order valence-electron chi connectivity index (χ3n) is 2.45. The van der Waals surface area contributed by atoms with Gasteiger partial charge in [-0.25, -0.2) is 0 Å². The summed E-state index contributed by atoms with van der Waals surface area (Å²) in [5.41, 5.74) is 5.52. The Balaban J connectivity index is 3.57. The largest absolute Gasteiger partial charge is 0.411 e. The molecule has 2 N–H and O–H groups in total. The minimum absolute atomic E-state index is 0.146. The summed E-state index contributed by atoms with van der Waals surface area (Å²) in [6, 6.07) is 0. The second kappa shape index (κ2) is 8.72. The first-order chi connectivity index (χ1) is 7.89. The highest BCUT2D eigenvalue weighted by Crippen LogP contribution is 2.14. The van der Waals surface area contributed by atoms with E-state index >= 15 is 0 Å². The van der Waals surface area contributed by atoms with Crippen molar-refractivity contribution in [2.24, 2.45) is 11.7 Å². The van der Waals surface area contributed by atoms with Crippen LogP contribution in [0, 0.1) is 5.92 Å². The molecule has 0 aromatic rings. The molecule has 17 heavy (non-hydrogen) atoms. The van der Waals surface area contributed by atoms with Crippen LogP contribution in [0.25, 0.3) is 0 Å². The minimum atomic E-state index is -4.22. The van der Waals surface area contributed by atoms with Crippen LogP contribution in [0.3, 0.4) is 0 Å². The van der Waals surface area contributed by atoms with Crippen molar-refractivity contribution >= 4 is 0 Å². The first-order valence-electron chi connectivity index (χ1n) is 5.96. The Labute approximate surface area is 101 Å². The van der Waals surface area contributed by atoms with Crippen molar-refractivity contribution in [3.8, 4) is 0 Å². The zero-order chi connectivity index (χ0) is 13.3. The topological polar surface area (TPSA) is 38.5 Å². The highest BCUT2D eigenvalue weighted by atomic mass is 19.4. The lowest BCUT2D eigenvalue weighted by atomic mass is 10.1. The number of halogens is 3. The average molecular weight is 256 g/mol. The fourth-order valence-electron chi connectivity index (χ4n) is 1.47. The Morgan fingerprint density at radius 3 is 2.47 bits per heavy atom. The van der Waals surface area contributed by atoms with Gasteiger partial charge in [-0.1, -0.05) is 13.8 Å². The predicted octanol–water partition coefficient (Wildman–Crippen LogP) is 1.87. The second-order valence-corrected chi connectivity index (χ2v) is 4.26. The molecule has 0 heterocycles. The van der Waals surface area contributed by atoms with E-state index in [0.717, 1.165) is 19.6 Å². The van der Waals surface area contributed by atoms with Gasteiger partial charge in [-0.3, -0.25) is 0 Å². The molecule has 0 aromatic heterocycles. The molecule has 1 unspecified atom stereocenters. The molecule has 0 spiro atoms. The summed E-state index contributed by atoms with van der Waals surface area (Å²) >= 11 is 0. The average Bonchev–Trinajstić information content (AvgIpc) is 2.25. The smallest absolute Gasteiger partial charge is 0.372 e. The Bertz CT molecular complexity index is 188. The Morgan fingerprint density at radius 1 is 1.35 bits per heavy atom. The third-order valence-corrected chi connectivity index (χ3v) is 2.45. The number of alkyl halides is 3. The SMILES string of the molecule is CCN(CCCOCC(F)(F)F)CC(C)CN. The third kappa shape index (κ3) is 10.5. The molecule has 0 fully saturated rings. The fourth-order valence-corrected chi connectivity index (χ4v) is 1.47. The summed E-state index contributed by atoms with van der Waals surface area (Å²) in [6.07, 6.45) is -3.61. The lowest BCUT2D eigenvalue weighted by molar-refractivity contribution is -0.174. The predicted molar refractivity (Wildman–Crippen MR) is 61.8 cm³/mol. The lowest BCUT2D eigenvalue weighted by Crippen LogP contribution is -2.33. The number of nitrogens with two attached hydrogens (primary N) is 1. The van der Waals surface area contributed by atoms with E-state index in [-0.39, 0.29) is 6.61 Å². The first-order valence-corrected chi connectivity index (χ1v) is 5.96. The summed E-state index contributed by atoms with van der Waals surface area (Å²) in [7, 11) is 0. The van der Waals surface area contributed by atoms with Gasteiger partial charge in [-0.05, 0) is 25.4 Å². The normalized spacial score (nSPS) is 14.3. The van der Waals surface area contributed by atoms with Crippen LogP contribution in [-0.2, 0) is 4.74 Å². The molecule has 0 aliphatic heterocycles. The molecule has 3 nitrogen and oxygen atoms in total. The van der Waals surface area contributed by atoms with Crippen LogP contribution >= 0.6 is 0 Å². The molecular formula is C11H23F3N2O. The van der Waals surface area contributed by atoms with Crippen LogP contribution in [-0.4, -0.2) is 50.5 Å². The molecule has 6 heteroatoms. The Hall–Kier alpha value is -0.330. The Kier molecular flexibility index (Phi) is 8.55. The van der Waals surface area contributed by atoms with Gasteiger partial charge in [0, 0.05) is 19.7 Å². The van der Waals surface area contributed by atoms with Crippen LogP contribution in [0.4, 0.5) is 13.2 Å². The van der Waals surface area contributed by atoms with E-state index in [0.29, 0.717) is 18.9 Å². The maximum absolute atomic E-state index is 11.8. The first kappa shape index (κ1) is 16.7. The molecule has 0 saturated heterocycles. The quantitative estimate of drug-likeness (QED) is 0.640. The maximum Gasteiger partial charge on any atom is 0.411 e. The lowest BCUT2D eigenvalue weighted by Gasteiger charge is -2.23. The zero-order valence-electron chi connectivity index (χ0n) is 10.6. The van der Waals surface area contributed by atoms with Crippen LogP contribution < -0.4 is 5.73 Å². The molecule has 0 aromatic carbocycles. The zero-order valence-corrected chi connectivity index (χ0v) is 10.6. The molecule has 0 rings (SSSR count). The van der Waals surface area contributed by atoms with Crippen molar-refractivity contribution in [2.45, 2.75) is 26.4 Å². The van der Waals surface area contributed by atoms with E-state index < -0.39 is 12.8 Å². The van der Waals surface area contributed by atoms with Gasteiger partial charge in [-0.15, -0.1) is 0 Å². The number of ether oxygens (including phenoxy) is 1. The molecule has 0 aliphatic carbocycles. The van der Waals surface area contributed by atoms with Crippen molar-refractivity contribution in [3.05, 3.63) is 0 Å². The van der Waals surface area contributed by atoms with Crippen molar-refractivity contribution in [1.82, 2.24) is 4.90 Å². The number of hydrogen-bond donors (Lipinski definition) is 1. The van der Waals surface area contributed by atoms with Crippen molar-refractivity contribution < 1.29 is 17.9 Å². The molecule has 0 saturated carbocycles. The van der Waals surface area contributed by atoms with Gasteiger partial charge in [0.2, 0.25) is 0 Å². The van der Waals surface area contributed by atoms with Gasteiger partial charge < -0.3 is 15.4 Å². The van der Waals surface area contributed by atoms with Crippen LogP contribution in [0.1, 0.15) is 20.3 Å². The van der Waals surface area contributed by atoms with Crippen LogP contribution in [0.2, 0.25) is 0 Å². The van der Waals surface area contributed by atoms with E-state index in [2.05, 4.69) is 16.6 Å². The van der Waals surface area contributed by atoms with E-state index in [1.54, 1.807) is 0 Å². The number of rotatable bonds is 9. The van der Waals surface area contributed by atoms with Crippen molar-refractivity contribution in [1.29, 1.82) is 0 Å². The summed E-state index contributed by atoms with van der Waals surface area (Å²) in [4.78, 5) is 2.18.